The van der Waals surface area contributed by atoms with E-state index in [1.54, 1.807) is 24.3 Å². The fourth-order valence-electron chi connectivity index (χ4n) is 1.76. The van der Waals surface area contributed by atoms with Crippen LogP contribution < -0.4 is 5.32 Å². The molecular weight excluding hydrogens is 279 g/mol. The highest BCUT2D eigenvalue weighted by atomic mass is 35.5. The van der Waals surface area contributed by atoms with Gasteiger partial charge in [-0.2, -0.15) is 5.26 Å². The number of aryl methyl sites for hydroxylation is 1. The van der Waals surface area contributed by atoms with E-state index < -0.39 is 5.82 Å². The third kappa shape index (κ3) is 3.14. The Morgan fingerprint density at radius 2 is 2.05 bits per heavy atom. The third-order valence-corrected chi connectivity index (χ3v) is 2.87. The first-order chi connectivity index (χ1) is 9.49. The maximum Gasteiger partial charge on any atom is 0.255 e. The summed E-state index contributed by atoms with van der Waals surface area (Å²) >= 11 is 5.89. The molecule has 2 aromatic carbocycles. The van der Waals surface area contributed by atoms with Crippen LogP contribution in [0.4, 0.5) is 10.1 Å². The highest BCUT2D eigenvalue weighted by molar-refractivity contribution is 6.31. The smallest absolute Gasteiger partial charge is 0.255 e. The van der Waals surface area contributed by atoms with Crippen molar-refractivity contribution in [3.63, 3.8) is 0 Å². The Kier molecular flexibility index (Phi) is 4.02. The van der Waals surface area contributed by atoms with E-state index in [9.17, 15) is 9.18 Å². The molecule has 0 bridgehead atoms. The van der Waals surface area contributed by atoms with Gasteiger partial charge >= 0.3 is 0 Å². The minimum Gasteiger partial charge on any atom is -0.322 e. The molecule has 1 amide bonds. The van der Waals surface area contributed by atoms with Gasteiger partial charge in [0.1, 0.15) is 11.9 Å². The number of carbonyl (C=O) groups excluding carboxylic acids is 1. The van der Waals surface area contributed by atoms with Gasteiger partial charge in [0.2, 0.25) is 0 Å². The van der Waals surface area contributed by atoms with Crippen molar-refractivity contribution in [3.05, 3.63) is 63.9 Å². The Balaban J connectivity index is 2.26. The number of nitrogens with zero attached hydrogens (tertiary/aromatic N) is 1. The van der Waals surface area contributed by atoms with Crippen LogP contribution in [0.3, 0.4) is 0 Å². The van der Waals surface area contributed by atoms with E-state index in [2.05, 4.69) is 5.32 Å². The van der Waals surface area contributed by atoms with Gasteiger partial charge in [0.25, 0.3) is 5.91 Å². The lowest BCUT2D eigenvalue weighted by Crippen LogP contribution is -2.12. The fraction of sp³-hybridized carbons (Fsp3) is 0.0667. The van der Waals surface area contributed by atoms with Crippen LogP contribution in [-0.2, 0) is 0 Å². The van der Waals surface area contributed by atoms with Crippen LogP contribution in [0.2, 0.25) is 5.02 Å². The Morgan fingerprint density at radius 1 is 1.30 bits per heavy atom. The van der Waals surface area contributed by atoms with E-state index in [-0.39, 0.29) is 11.5 Å². The van der Waals surface area contributed by atoms with Gasteiger partial charge < -0.3 is 5.32 Å². The predicted molar refractivity (Wildman–Crippen MR) is 75.3 cm³/mol. The van der Waals surface area contributed by atoms with E-state index in [0.717, 1.165) is 11.6 Å². The summed E-state index contributed by atoms with van der Waals surface area (Å²) < 4.78 is 13.2. The van der Waals surface area contributed by atoms with Crippen molar-refractivity contribution in [2.24, 2.45) is 0 Å². The van der Waals surface area contributed by atoms with Gasteiger partial charge in [-0.1, -0.05) is 11.6 Å². The summed E-state index contributed by atoms with van der Waals surface area (Å²) in [5.41, 5.74) is 1.49. The average Bonchev–Trinajstić information content (AvgIpc) is 2.39. The number of amides is 1. The second kappa shape index (κ2) is 5.72. The van der Waals surface area contributed by atoms with E-state index >= 15 is 0 Å². The molecule has 100 valence electrons. The number of nitriles is 1. The van der Waals surface area contributed by atoms with Crippen molar-refractivity contribution in [1.82, 2.24) is 0 Å². The molecule has 0 radical (unpaired) electrons. The van der Waals surface area contributed by atoms with Gasteiger partial charge in [0.15, 0.2) is 0 Å². The van der Waals surface area contributed by atoms with Crippen LogP contribution in [0, 0.1) is 24.1 Å². The van der Waals surface area contributed by atoms with Crippen molar-refractivity contribution in [2.45, 2.75) is 6.92 Å². The molecule has 0 aliphatic rings. The molecule has 0 heterocycles. The topological polar surface area (TPSA) is 52.9 Å². The van der Waals surface area contributed by atoms with E-state index in [1.165, 1.54) is 12.1 Å². The van der Waals surface area contributed by atoms with Crippen LogP contribution in [-0.4, -0.2) is 5.91 Å². The number of anilines is 1. The lowest BCUT2D eigenvalue weighted by molar-refractivity contribution is 0.102. The van der Waals surface area contributed by atoms with Gasteiger partial charge in [0, 0.05) is 16.3 Å². The fourth-order valence-corrected chi connectivity index (χ4v) is 2.05. The molecule has 0 fully saturated rings. The van der Waals surface area contributed by atoms with Crippen molar-refractivity contribution >= 4 is 23.2 Å². The quantitative estimate of drug-likeness (QED) is 0.911. The summed E-state index contributed by atoms with van der Waals surface area (Å²) in [6.07, 6.45) is 0. The van der Waals surface area contributed by atoms with Crippen LogP contribution in [0.25, 0.3) is 0 Å². The largest absolute Gasteiger partial charge is 0.322 e. The Morgan fingerprint density at radius 3 is 2.70 bits per heavy atom. The maximum atomic E-state index is 13.2. The molecule has 0 aliphatic carbocycles. The summed E-state index contributed by atoms with van der Waals surface area (Å²) in [4.78, 5) is 12.1. The summed E-state index contributed by atoms with van der Waals surface area (Å²) in [6, 6.07) is 10.5. The first kappa shape index (κ1) is 14.0. The summed E-state index contributed by atoms with van der Waals surface area (Å²) in [5.74, 6) is -0.991. The third-order valence-electron chi connectivity index (χ3n) is 2.65. The number of nitrogens with one attached hydrogen (secondary N) is 1. The highest BCUT2D eigenvalue weighted by Crippen LogP contribution is 2.18. The zero-order valence-electron chi connectivity index (χ0n) is 10.6. The molecule has 1 N–H and O–H groups in total. The van der Waals surface area contributed by atoms with Gasteiger partial charge in [-0.05, 0) is 48.9 Å². The molecular formula is C15H10ClFN2O. The summed E-state index contributed by atoms with van der Waals surface area (Å²) in [6.45, 7) is 1.83. The average molecular weight is 289 g/mol. The Hall–Kier alpha value is -2.38. The van der Waals surface area contributed by atoms with Crippen molar-refractivity contribution in [1.29, 1.82) is 5.26 Å². The maximum absolute atomic E-state index is 13.2. The zero-order chi connectivity index (χ0) is 14.7. The molecule has 0 saturated heterocycles. The minimum absolute atomic E-state index is 0.120. The van der Waals surface area contributed by atoms with Crippen molar-refractivity contribution in [2.75, 3.05) is 5.32 Å². The number of hydrogen-bond acceptors (Lipinski definition) is 2. The number of benzene rings is 2. The monoisotopic (exact) mass is 288 g/mol. The second-order valence-electron chi connectivity index (χ2n) is 4.28. The second-order valence-corrected chi connectivity index (χ2v) is 4.71. The molecule has 5 heteroatoms. The molecule has 0 aliphatic heterocycles. The molecule has 0 saturated carbocycles. The first-order valence-corrected chi connectivity index (χ1v) is 6.15. The van der Waals surface area contributed by atoms with Crippen LogP contribution in [0.15, 0.2) is 36.4 Å². The van der Waals surface area contributed by atoms with Gasteiger partial charge in [0.05, 0.1) is 5.56 Å². The van der Waals surface area contributed by atoms with Gasteiger partial charge in [-0.25, -0.2) is 4.39 Å². The van der Waals surface area contributed by atoms with Gasteiger partial charge in [-0.15, -0.1) is 0 Å². The number of hydrogen-bond donors (Lipinski definition) is 1. The number of carbonyl (C=O) groups is 1. The lowest BCUT2D eigenvalue weighted by atomic mass is 10.1. The first-order valence-electron chi connectivity index (χ1n) is 5.78. The van der Waals surface area contributed by atoms with E-state index in [1.807, 2.05) is 6.92 Å². The molecule has 3 nitrogen and oxygen atoms in total. The van der Waals surface area contributed by atoms with Gasteiger partial charge in [-0.3, -0.25) is 4.79 Å². The van der Waals surface area contributed by atoms with E-state index in [4.69, 9.17) is 16.9 Å². The molecule has 2 aromatic rings. The summed E-state index contributed by atoms with van der Waals surface area (Å²) in [5, 5.41) is 11.8. The Bertz CT molecular complexity index is 702. The molecule has 20 heavy (non-hydrogen) atoms. The van der Waals surface area contributed by atoms with Crippen molar-refractivity contribution < 1.29 is 9.18 Å². The molecule has 0 atom stereocenters. The molecule has 0 spiro atoms. The molecule has 0 unspecified atom stereocenters. The SMILES string of the molecule is Cc1cc(Cl)cc(C(=O)Nc2ccc(F)c(C#N)c2)c1. The van der Waals surface area contributed by atoms with Crippen molar-refractivity contribution in [3.8, 4) is 6.07 Å². The standard InChI is InChI=1S/C15H10ClFN2O/c1-9-4-10(6-12(16)5-9)15(20)19-13-2-3-14(17)11(7-13)8-18/h2-7H,1H3,(H,19,20). The highest BCUT2D eigenvalue weighted by Gasteiger charge is 2.09. The predicted octanol–water partition coefficient (Wildman–Crippen LogP) is 3.91. The van der Waals surface area contributed by atoms with Crippen LogP contribution in [0.1, 0.15) is 21.5 Å². The summed E-state index contributed by atoms with van der Waals surface area (Å²) in [7, 11) is 0. The zero-order valence-corrected chi connectivity index (χ0v) is 11.3. The number of rotatable bonds is 2. The normalized spacial score (nSPS) is 9.90. The Labute approximate surface area is 120 Å². The minimum atomic E-state index is -0.621. The van der Waals surface area contributed by atoms with Crippen LogP contribution in [0.5, 0.6) is 0 Å². The number of halogens is 2. The lowest BCUT2D eigenvalue weighted by Gasteiger charge is -2.07. The van der Waals surface area contributed by atoms with Crippen LogP contribution >= 0.6 is 11.6 Å². The molecule has 2 rings (SSSR count). The van der Waals surface area contributed by atoms with E-state index in [0.29, 0.717) is 16.3 Å². The molecule has 0 aromatic heterocycles.